The topological polar surface area (TPSA) is 15.3 Å². The zero-order chi connectivity index (χ0) is 14.4. The molecule has 106 valence electrons. The van der Waals surface area contributed by atoms with Gasteiger partial charge in [-0.15, -0.1) is 0 Å². The molecule has 3 heteroatoms. The van der Waals surface area contributed by atoms with Gasteiger partial charge in [-0.2, -0.15) is 0 Å². The third-order valence-corrected chi connectivity index (χ3v) is 3.86. The molecule has 0 spiro atoms. The number of benzene rings is 1. The lowest BCUT2D eigenvalue weighted by Crippen LogP contribution is -2.24. The lowest BCUT2D eigenvalue weighted by atomic mass is 10.1. The average Bonchev–Trinajstić information content (AvgIpc) is 2.35. The molecule has 0 saturated heterocycles. The van der Waals surface area contributed by atoms with Crippen LogP contribution in [0.3, 0.4) is 0 Å². The van der Waals surface area contributed by atoms with Gasteiger partial charge in [0.05, 0.1) is 0 Å². The summed E-state index contributed by atoms with van der Waals surface area (Å²) in [6.07, 6.45) is 0. The maximum Gasteiger partial charge on any atom is 0.0383 e. The molecule has 0 fully saturated rings. The monoisotopic (exact) mass is 324 g/mol. The predicted octanol–water partition coefficient (Wildman–Crippen LogP) is 4.52. The molecule has 1 aromatic carbocycles. The van der Waals surface area contributed by atoms with E-state index in [2.05, 4.69) is 78.6 Å². The van der Waals surface area contributed by atoms with Crippen LogP contribution >= 0.6 is 15.9 Å². The SMILES string of the molecule is C=C(C)CN(CC)c1ccc(C(C)NCC)c(Br)c1. The van der Waals surface area contributed by atoms with E-state index in [1.54, 1.807) is 0 Å². The Morgan fingerprint density at radius 2 is 2.11 bits per heavy atom. The van der Waals surface area contributed by atoms with E-state index < -0.39 is 0 Å². The van der Waals surface area contributed by atoms with Crippen molar-refractivity contribution in [3.05, 3.63) is 40.4 Å². The van der Waals surface area contributed by atoms with Crippen LogP contribution in [-0.2, 0) is 0 Å². The summed E-state index contributed by atoms with van der Waals surface area (Å²) in [4.78, 5) is 2.33. The lowest BCUT2D eigenvalue weighted by Gasteiger charge is -2.25. The molecule has 1 rings (SSSR count). The van der Waals surface area contributed by atoms with Crippen molar-refractivity contribution in [3.63, 3.8) is 0 Å². The minimum absolute atomic E-state index is 0.365. The molecular formula is C16H25BrN2. The molecule has 0 amide bonds. The molecule has 0 aliphatic rings. The quantitative estimate of drug-likeness (QED) is 0.742. The van der Waals surface area contributed by atoms with Crippen molar-refractivity contribution in [3.8, 4) is 0 Å². The first-order valence-electron chi connectivity index (χ1n) is 6.91. The van der Waals surface area contributed by atoms with Gasteiger partial charge >= 0.3 is 0 Å². The highest BCUT2D eigenvalue weighted by atomic mass is 79.9. The molecular weight excluding hydrogens is 300 g/mol. The van der Waals surface area contributed by atoms with Gasteiger partial charge in [-0.3, -0.25) is 0 Å². The number of rotatable bonds is 7. The zero-order valence-electron chi connectivity index (χ0n) is 12.5. The lowest BCUT2D eigenvalue weighted by molar-refractivity contribution is 0.596. The molecule has 0 aromatic heterocycles. The maximum absolute atomic E-state index is 4.00. The Morgan fingerprint density at radius 3 is 2.58 bits per heavy atom. The largest absolute Gasteiger partial charge is 0.368 e. The molecule has 1 atom stereocenters. The summed E-state index contributed by atoms with van der Waals surface area (Å²) in [7, 11) is 0. The molecule has 0 saturated carbocycles. The molecule has 0 bridgehead atoms. The molecule has 1 N–H and O–H groups in total. The normalized spacial score (nSPS) is 12.3. The summed E-state index contributed by atoms with van der Waals surface area (Å²) in [6, 6.07) is 6.97. The smallest absolute Gasteiger partial charge is 0.0383 e. The summed E-state index contributed by atoms with van der Waals surface area (Å²) in [5.74, 6) is 0. The van der Waals surface area contributed by atoms with Crippen LogP contribution < -0.4 is 10.2 Å². The van der Waals surface area contributed by atoms with Gasteiger partial charge in [0, 0.05) is 29.3 Å². The number of likely N-dealkylation sites (N-methyl/N-ethyl adjacent to an activating group) is 1. The van der Waals surface area contributed by atoms with Gasteiger partial charge in [0.1, 0.15) is 0 Å². The van der Waals surface area contributed by atoms with Gasteiger partial charge in [0.25, 0.3) is 0 Å². The number of hydrogen-bond acceptors (Lipinski definition) is 2. The first kappa shape index (κ1) is 16.3. The minimum atomic E-state index is 0.365. The fraction of sp³-hybridized carbons (Fsp3) is 0.500. The van der Waals surface area contributed by atoms with Crippen molar-refractivity contribution in [1.82, 2.24) is 5.32 Å². The Balaban J connectivity index is 2.94. The van der Waals surface area contributed by atoms with Crippen LogP contribution in [0.1, 0.15) is 39.3 Å². The third-order valence-electron chi connectivity index (χ3n) is 3.17. The number of halogens is 1. The summed E-state index contributed by atoms with van der Waals surface area (Å²) in [6.45, 7) is 15.4. The van der Waals surface area contributed by atoms with Gasteiger partial charge in [-0.25, -0.2) is 0 Å². The van der Waals surface area contributed by atoms with Gasteiger partial charge in [0.2, 0.25) is 0 Å². The van der Waals surface area contributed by atoms with E-state index in [0.29, 0.717) is 6.04 Å². The van der Waals surface area contributed by atoms with Crippen molar-refractivity contribution in [2.24, 2.45) is 0 Å². The molecule has 19 heavy (non-hydrogen) atoms. The molecule has 0 heterocycles. The van der Waals surface area contributed by atoms with E-state index in [0.717, 1.165) is 19.6 Å². The number of anilines is 1. The molecule has 2 nitrogen and oxygen atoms in total. The number of hydrogen-bond donors (Lipinski definition) is 1. The van der Waals surface area contributed by atoms with Crippen LogP contribution in [0, 0.1) is 0 Å². The van der Waals surface area contributed by atoms with E-state index in [1.807, 2.05) is 0 Å². The Morgan fingerprint density at radius 1 is 1.42 bits per heavy atom. The predicted molar refractivity (Wildman–Crippen MR) is 88.9 cm³/mol. The average molecular weight is 325 g/mol. The van der Waals surface area contributed by atoms with Crippen LogP contribution in [0.15, 0.2) is 34.8 Å². The van der Waals surface area contributed by atoms with Crippen LogP contribution in [-0.4, -0.2) is 19.6 Å². The van der Waals surface area contributed by atoms with Gasteiger partial charge in [0.15, 0.2) is 0 Å². The van der Waals surface area contributed by atoms with Crippen LogP contribution in [0.2, 0.25) is 0 Å². The Labute approximate surface area is 126 Å². The van der Waals surface area contributed by atoms with E-state index in [4.69, 9.17) is 0 Å². The zero-order valence-corrected chi connectivity index (χ0v) is 14.0. The highest BCUT2D eigenvalue weighted by Crippen LogP contribution is 2.28. The van der Waals surface area contributed by atoms with Gasteiger partial charge < -0.3 is 10.2 Å². The van der Waals surface area contributed by atoms with Gasteiger partial charge in [-0.1, -0.05) is 41.1 Å². The second kappa shape index (κ2) is 7.71. The second-order valence-electron chi connectivity index (χ2n) is 4.96. The van der Waals surface area contributed by atoms with E-state index in [1.165, 1.54) is 21.3 Å². The Hall–Kier alpha value is -0.800. The molecule has 1 aromatic rings. The van der Waals surface area contributed by atoms with Crippen molar-refractivity contribution in [1.29, 1.82) is 0 Å². The summed E-state index contributed by atoms with van der Waals surface area (Å²) in [5, 5.41) is 3.44. The summed E-state index contributed by atoms with van der Waals surface area (Å²) < 4.78 is 1.17. The molecule has 1 unspecified atom stereocenters. The van der Waals surface area contributed by atoms with E-state index in [9.17, 15) is 0 Å². The first-order chi connectivity index (χ1) is 8.99. The van der Waals surface area contributed by atoms with Crippen LogP contribution in [0.4, 0.5) is 5.69 Å². The standard InChI is InChI=1S/C16H25BrN2/c1-6-18-13(5)15-9-8-14(10-16(15)17)19(7-2)11-12(3)4/h8-10,13,18H,3,6-7,11H2,1-2,4-5H3. The summed E-state index contributed by atoms with van der Waals surface area (Å²) >= 11 is 3.69. The first-order valence-corrected chi connectivity index (χ1v) is 7.71. The van der Waals surface area contributed by atoms with E-state index >= 15 is 0 Å². The highest BCUT2D eigenvalue weighted by molar-refractivity contribution is 9.10. The van der Waals surface area contributed by atoms with Crippen molar-refractivity contribution in [2.75, 3.05) is 24.5 Å². The van der Waals surface area contributed by atoms with Crippen molar-refractivity contribution < 1.29 is 0 Å². The van der Waals surface area contributed by atoms with Crippen molar-refractivity contribution in [2.45, 2.75) is 33.7 Å². The summed E-state index contributed by atoms with van der Waals surface area (Å²) in [5.41, 5.74) is 3.73. The molecule has 0 radical (unpaired) electrons. The Bertz CT molecular complexity index is 429. The molecule has 0 aliphatic heterocycles. The Kier molecular flexibility index (Phi) is 6.59. The van der Waals surface area contributed by atoms with E-state index in [-0.39, 0.29) is 0 Å². The maximum atomic E-state index is 4.00. The van der Waals surface area contributed by atoms with Gasteiger partial charge in [-0.05, 0) is 45.0 Å². The number of nitrogens with one attached hydrogen (secondary N) is 1. The number of nitrogens with zero attached hydrogens (tertiary/aromatic N) is 1. The van der Waals surface area contributed by atoms with Crippen molar-refractivity contribution >= 4 is 21.6 Å². The second-order valence-corrected chi connectivity index (χ2v) is 5.81. The fourth-order valence-corrected chi connectivity index (χ4v) is 2.90. The highest BCUT2D eigenvalue weighted by Gasteiger charge is 2.11. The van der Waals surface area contributed by atoms with Crippen LogP contribution in [0.5, 0.6) is 0 Å². The minimum Gasteiger partial charge on any atom is -0.368 e. The third kappa shape index (κ3) is 4.66. The molecule has 0 aliphatic carbocycles. The van der Waals surface area contributed by atoms with Crippen LogP contribution in [0.25, 0.3) is 0 Å². The fourth-order valence-electron chi connectivity index (χ4n) is 2.19.